The molecule has 2 N–H and O–H groups in total. The van der Waals surface area contributed by atoms with Gasteiger partial charge in [-0.3, -0.25) is 4.79 Å². The first-order chi connectivity index (χ1) is 11.0. The quantitative estimate of drug-likeness (QED) is 0.810. The highest BCUT2D eigenvalue weighted by Crippen LogP contribution is 2.17. The van der Waals surface area contributed by atoms with Gasteiger partial charge in [0.1, 0.15) is 0 Å². The monoisotopic (exact) mass is 337 g/mol. The predicted octanol–water partition coefficient (Wildman–Crippen LogP) is 2.63. The number of carbonyl (C=O) groups excluding carboxylic acids is 1. The fraction of sp³-hybridized carbons (Fsp3) is 0.438. The number of amides is 1. The number of hydrogen-bond acceptors (Lipinski definition) is 5. The third-order valence-corrected chi connectivity index (χ3v) is 3.53. The Bertz CT molecular complexity index is 658. The normalized spacial score (nSPS) is 12.4. The molecule has 0 radical (unpaired) electrons. The SMILES string of the molecule is CC(C)c1noc(CCC(=O)NC[C@@H](O)c2cccc(Cl)c2)n1. The lowest BCUT2D eigenvalue weighted by atomic mass is 10.1. The standard InChI is InChI=1S/C16H20ClN3O3/c1-10(2)16-19-15(23-20-16)7-6-14(22)18-9-13(21)11-4-3-5-12(17)8-11/h3-5,8,10,13,21H,6-7,9H2,1-2H3,(H,18,22)/t13-/m1/s1. The van der Waals surface area contributed by atoms with Gasteiger partial charge in [0, 0.05) is 30.3 Å². The Hall–Kier alpha value is -1.92. The van der Waals surface area contributed by atoms with Crippen LogP contribution in [0.4, 0.5) is 0 Å². The van der Waals surface area contributed by atoms with Crippen LogP contribution in [0.3, 0.4) is 0 Å². The number of rotatable bonds is 7. The summed E-state index contributed by atoms with van der Waals surface area (Å²) in [6, 6.07) is 6.91. The highest BCUT2D eigenvalue weighted by molar-refractivity contribution is 6.30. The Kier molecular flexibility index (Phi) is 6.12. The third-order valence-electron chi connectivity index (χ3n) is 3.29. The van der Waals surface area contributed by atoms with Crippen molar-refractivity contribution in [2.24, 2.45) is 0 Å². The summed E-state index contributed by atoms with van der Waals surface area (Å²) in [6.07, 6.45) is -0.200. The number of hydrogen-bond donors (Lipinski definition) is 2. The number of carbonyl (C=O) groups is 1. The number of aryl methyl sites for hydroxylation is 1. The molecule has 7 heteroatoms. The highest BCUT2D eigenvalue weighted by Gasteiger charge is 2.13. The second kappa shape index (κ2) is 8.08. The molecule has 0 bridgehead atoms. The Labute approximate surface area is 139 Å². The number of benzene rings is 1. The molecule has 0 saturated heterocycles. The van der Waals surface area contributed by atoms with Crippen LogP contribution in [0.1, 0.15) is 49.6 Å². The van der Waals surface area contributed by atoms with Gasteiger partial charge >= 0.3 is 0 Å². The van der Waals surface area contributed by atoms with Crippen molar-refractivity contribution in [1.29, 1.82) is 0 Å². The zero-order chi connectivity index (χ0) is 16.8. The van der Waals surface area contributed by atoms with Gasteiger partial charge in [-0.15, -0.1) is 0 Å². The fourth-order valence-corrected chi connectivity index (χ4v) is 2.15. The average molecular weight is 338 g/mol. The van der Waals surface area contributed by atoms with E-state index in [4.69, 9.17) is 16.1 Å². The average Bonchev–Trinajstić information content (AvgIpc) is 3.00. The van der Waals surface area contributed by atoms with E-state index in [0.717, 1.165) is 0 Å². The van der Waals surface area contributed by atoms with Crippen LogP contribution in [-0.2, 0) is 11.2 Å². The number of halogens is 1. The topological polar surface area (TPSA) is 88.2 Å². The van der Waals surface area contributed by atoms with Gasteiger partial charge in [0.25, 0.3) is 0 Å². The zero-order valence-corrected chi connectivity index (χ0v) is 13.9. The van der Waals surface area contributed by atoms with Gasteiger partial charge in [-0.05, 0) is 17.7 Å². The van der Waals surface area contributed by atoms with Gasteiger partial charge in [0.15, 0.2) is 5.82 Å². The molecule has 0 fully saturated rings. The van der Waals surface area contributed by atoms with Crippen LogP contribution in [0.15, 0.2) is 28.8 Å². The Morgan fingerprint density at radius 1 is 1.43 bits per heavy atom. The molecule has 124 valence electrons. The van der Waals surface area contributed by atoms with Crippen molar-refractivity contribution in [3.63, 3.8) is 0 Å². The van der Waals surface area contributed by atoms with Crippen LogP contribution in [0.5, 0.6) is 0 Å². The number of nitrogens with one attached hydrogen (secondary N) is 1. The molecule has 1 amide bonds. The van der Waals surface area contributed by atoms with E-state index in [2.05, 4.69) is 15.5 Å². The Morgan fingerprint density at radius 3 is 2.87 bits per heavy atom. The summed E-state index contributed by atoms with van der Waals surface area (Å²) < 4.78 is 5.08. The largest absolute Gasteiger partial charge is 0.387 e. The lowest BCUT2D eigenvalue weighted by molar-refractivity contribution is -0.121. The Morgan fingerprint density at radius 2 is 2.22 bits per heavy atom. The molecule has 0 spiro atoms. The maximum Gasteiger partial charge on any atom is 0.227 e. The highest BCUT2D eigenvalue weighted by atomic mass is 35.5. The van der Waals surface area contributed by atoms with Crippen LogP contribution in [0.25, 0.3) is 0 Å². The first-order valence-corrected chi connectivity index (χ1v) is 7.86. The molecular weight excluding hydrogens is 318 g/mol. The van der Waals surface area contributed by atoms with Crippen LogP contribution in [0.2, 0.25) is 5.02 Å². The van der Waals surface area contributed by atoms with Gasteiger partial charge in [0.05, 0.1) is 6.10 Å². The van der Waals surface area contributed by atoms with Gasteiger partial charge in [-0.25, -0.2) is 0 Å². The zero-order valence-electron chi connectivity index (χ0n) is 13.1. The minimum atomic E-state index is -0.798. The van der Waals surface area contributed by atoms with Gasteiger partial charge in [-0.1, -0.05) is 42.7 Å². The van der Waals surface area contributed by atoms with Gasteiger partial charge < -0.3 is 14.9 Å². The lowest BCUT2D eigenvalue weighted by Crippen LogP contribution is -2.28. The summed E-state index contributed by atoms with van der Waals surface area (Å²) in [5.41, 5.74) is 0.663. The number of aliphatic hydroxyl groups is 1. The number of nitrogens with zero attached hydrogens (tertiary/aromatic N) is 2. The van der Waals surface area contributed by atoms with Crippen molar-refractivity contribution in [3.8, 4) is 0 Å². The molecule has 2 rings (SSSR count). The van der Waals surface area contributed by atoms with Crippen LogP contribution >= 0.6 is 11.6 Å². The van der Waals surface area contributed by atoms with Crippen molar-refractivity contribution in [2.45, 2.75) is 38.7 Å². The summed E-state index contributed by atoms with van der Waals surface area (Å²) in [5.74, 6) is 1.08. The van der Waals surface area contributed by atoms with Gasteiger partial charge in [-0.2, -0.15) is 4.98 Å². The first-order valence-electron chi connectivity index (χ1n) is 7.48. The smallest absolute Gasteiger partial charge is 0.227 e. The van der Waals surface area contributed by atoms with E-state index in [1.165, 1.54) is 0 Å². The van der Waals surface area contributed by atoms with E-state index < -0.39 is 6.10 Å². The minimum absolute atomic E-state index is 0.125. The molecule has 0 saturated carbocycles. The van der Waals surface area contributed by atoms with E-state index in [-0.39, 0.29) is 24.8 Å². The molecule has 0 aliphatic heterocycles. The minimum Gasteiger partial charge on any atom is -0.387 e. The van der Waals surface area contributed by atoms with Crippen LogP contribution in [0, 0.1) is 0 Å². The molecule has 6 nitrogen and oxygen atoms in total. The molecule has 1 atom stereocenters. The summed E-state index contributed by atoms with van der Waals surface area (Å²) in [5, 5.41) is 17.1. The summed E-state index contributed by atoms with van der Waals surface area (Å²) >= 11 is 5.87. The van der Waals surface area contributed by atoms with Crippen molar-refractivity contribution >= 4 is 17.5 Å². The molecule has 1 aromatic heterocycles. The van der Waals surface area contributed by atoms with E-state index in [1.54, 1.807) is 24.3 Å². The number of aliphatic hydroxyl groups excluding tert-OH is 1. The lowest BCUT2D eigenvalue weighted by Gasteiger charge is -2.12. The second-order valence-electron chi connectivity index (χ2n) is 5.58. The van der Waals surface area contributed by atoms with Crippen LogP contribution in [-0.4, -0.2) is 27.7 Å². The van der Waals surface area contributed by atoms with Gasteiger partial charge in [0.2, 0.25) is 11.8 Å². The molecule has 0 aliphatic carbocycles. The molecule has 23 heavy (non-hydrogen) atoms. The molecule has 1 aromatic carbocycles. The predicted molar refractivity (Wildman–Crippen MR) is 86.1 cm³/mol. The summed E-state index contributed by atoms with van der Waals surface area (Å²) in [4.78, 5) is 16.0. The summed E-state index contributed by atoms with van der Waals surface area (Å²) in [7, 11) is 0. The van der Waals surface area contributed by atoms with E-state index in [9.17, 15) is 9.90 Å². The second-order valence-corrected chi connectivity index (χ2v) is 6.01. The molecular formula is C16H20ClN3O3. The number of aromatic nitrogens is 2. The first kappa shape index (κ1) is 17.4. The molecule has 2 aromatic rings. The van der Waals surface area contributed by atoms with Crippen molar-refractivity contribution < 1.29 is 14.4 Å². The van der Waals surface area contributed by atoms with Crippen molar-refractivity contribution in [2.75, 3.05) is 6.54 Å². The van der Waals surface area contributed by atoms with E-state index in [0.29, 0.717) is 28.7 Å². The summed E-state index contributed by atoms with van der Waals surface area (Å²) in [6.45, 7) is 4.07. The Balaban J connectivity index is 1.76. The fourth-order valence-electron chi connectivity index (χ4n) is 1.96. The molecule has 0 aliphatic rings. The van der Waals surface area contributed by atoms with Crippen LogP contribution < -0.4 is 5.32 Å². The van der Waals surface area contributed by atoms with E-state index >= 15 is 0 Å². The van der Waals surface area contributed by atoms with Crippen molar-refractivity contribution in [3.05, 3.63) is 46.6 Å². The molecule has 1 heterocycles. The van der Waals surface area contributed by atoms with Crippen molar-refractivity contribution in [1.82, 2.24) is 15.5 Å². The van der Waals surface area contributed by atoms with E-state index in [1.807, 2.05) is 13.8 Å². The maximum atomic E-state index is 11.8. The maximum absolute atomic E-state index is 11.8. The molecule has 0 unspecified atom stereocenters. The third kappa shape index (κ3) is 5.33.